The maximum atomic E-state index is 13.0. The summed E-state index contributed by atoms with van der Waals surface area (Å²) in [5, 5.41) is 11.3. The van der Waals surface area contributed by atoms with Crippen molar-refractivity contribution in [2.24, 2.45) is 0 Å². The van der Waals surface area contributed by atoms with Gasteiger partial charge in [-0.15, -0.1) is 36.4 Å². The second-order valence-corrected chi connectivity index (χ2v) is 16.6. The van der Waals surface area contributed by atoms with E-state index in [1.807, 2.05) is 140 Å². The molecule has 5 nitrogen and oxygen atoms in total. The average Bonchev–Trinajstić information content (AvgIpc) is 3.31. The van der Waals surface area contributed by atoms with E-state index < -0.39 is 5.97 Å². The van der Waals surface area contributed by atoms with E-state index in [4.69, 9.17) is 9.47 Å². The molecule has 0 unspecified atom stereocenters. The summed E-state index contributed by atoms with van der Waals surface area (Å²) in [5.41, 5.74) is 12.1. The number of ether oxygens (including phenoxy) is 2. The molecule has 0 aliphatic heterocycles. The zero-order valence-electron chi connectivity index (χ0n) is 40.1. The Labute approximate surface area is 416 Å². The van der Waals surface area contributed by atoms with Crippen molar-refractivity contribution in [3.05, 3.63) is 241 Å². The van der Waals surface area contributed by atoms with Gasteiger partial charge in [-0.3, -0.25) is 0 Å². The van der Waals surface area contributed by atoms with Gasteiger partial charge in [0, 0.05) is 30.4 Å². The van der Waals surface area contributed by atoms with Gasteiger partial charge in [0.2, 0.25) is 0 Å². The molecule has 0 saturated carbocycles. The number of rotatable bonds is 13. The minimum absolute atomic E-state index is 0. The Morgan fingerprint density at radius 3 is 1.55 bits per heavy atom. The van der Waals surface area contributed by atoms with E-state index in [0.717, 1.165) is 52.8 Å². The molecule has 0 aliphatic carbocycles. The molecule has 7 aromatic carbocycles. The van der Waals surface area contributed by atoms with Gasteiger partial charge in [-0.2, -0.15) is 73.9 Å². The molecule has 0 spiro atoms. The first kappa shape index (κ1) is 54.2. The van der Waals surface area contributed by atoms with Crippen molar-refractivity contribution in [2.45, 2.75) is 72.8 Å². The van der Waals surface area contributed by atoms with Crippen molar-refractivity contribution in [3.63, 3.8) is 0 Å². The van der Waals surface area contributed by atoms with Crippen molar-refractivity contribution in [2.75, 3.05) is 25.1 Å². The maximum absolute atomic E-state index is 13.0. The van der Waals surface area contributed by atoms with Gasteiger partial charge in [0.1, 0.15) is 23.7 Å². The van der Waals surface area contributed by atoms with E-state index in [1.165, 1.54) is 22.4 Å². The molecule has 6 heteroatoms. The van der Waals surface area contributed by atoms with Gasteiger partial charge in [-0.25, -0.2) is 4.79 Å². The number of phenols is 1. The number of phenolic OH excluding ortho intramolecular Hbond substituents is 1. The Morgan fingerprint density at radius 1 is 0.621 bits per heavy atom. The number of hydrogen-bond acceptors (Lipinski definition) is 5. The van der Waals surface area contributed by atoms with Crippen LogP contribution in [0.3, 0.4) is 0 Å². The molecule has 1 N–H and O–H groups in total. The Hall–Kier alpha value is -6.10. The molecule has 0 aliphatic rings. The third-order valence-corrected chi connectivity index (χ3v) is 10.6. The summed E-state index contributed by atoms with van der Waals surface area (Å²) in [5.74, 6) is 0.865. The van der Waals surface area contributed by atoms with Gasteiger partial charge in [0.05, 0.1) is 6.61 Å². The molecule has 66 heavy (non-hydrogen) atoms. The molecule has 0 radical (unpaired) electrons. The fraction of sp³-hybridized carbons (Fsp3) is 0.233. The molecular formula is C60H68NO4Zr+. The quantitative estimate of drug-likeness (QED) is 0.0709. The number of para-hydroxylation sites is 1. The molecule has 7 rings (SSSR count). The molecule has 0 atom stereocenters. The number of nitrogens with zero attached hydrogens (tertiary/aromatic N) is 1. The first-order valence-corrected chi connectivity index (χ1v) is 22.5. The van der Waals surface area contributed by atoms with Crippen molar-refractivity contribution >= 4 is 11.7 Å². The minimum atomic E-state index is -0.567. The minimum Gasteiger partial charge on any atom is -0.506 e. The van der Waals surface area contributed by atoms with Crippen molar-refractivity contribution in [1.29, 1.82) is 0 Å². The van der Waals surface area contributed by atoms with Crippen LogP contribution < -0.4 is 9.64 Å². The topological polar surface area (TPSA) is 59.0 Å². The third-order valence-electron chi connectivity index (χ3n) is 10.6. The first-order chi connectivity index (χ1) is 31.3. The molecular weight excluding hydrogens is 890 g/mol. The fourth-order valence-corrected chi connectivity index (χ4v) is 7.05. The van der Waals surface area contributed by atoms with E-state index in [2.05, 4.69) is 92.5 Å². The predicted molar refractivity (Wildman–Crippen MR) is 274 cm³/mol. The van der Waals surface area contributed by atoms with E-state index in [1.54, 1.807) is 12.1 Å². The molecule has 0 saturated heterocycles. The van der Waals surface area contributed by atoms with Gasteiger partial charge >= 0.3 is 32.2 Å². The van der Waals surface area contributed by atoms with Crippen LogP contribution >= 0.6 is 0 Å². The van der Waals surface area contributed by atoms with Crippen LogP contribution in [0.1, 0.15) is 108 Å². The summed E-state index contributed by atoms with van der Waals surface area (Å²) in [6.07, 6.45) is 1.66. The number of anilines is 1. The van der Waals surface area contributed by atoms with E-state index in [9.17, 15) is 9.90 Å². The Kier molecular flexibility index (Phi) is 23.6. The summed E-state index contributed by atoms with van der Waals surface area (Å²) in [6.45, 7) is 26.0. The first-order valence-electron chi connectivity index (χ1n) is 22.5. The van der Waals surface area contributed by atoms with Crippen molar-refractivity contribution in [3.8, 4) is 22.6 Å². The van der Waals surface area contributed by atoms with Crippen molar-refractivity contribution < 1.29 is 45.6 Å². The van der Waals surface area contributed by atoms with Crippen LogP contribution in [0.15, 0.2) is 170 Å². The molecule has 0 bridgehead atoms. The summed E-state index contributed by atoms with van der Waals surface area (Å²) < 4.78 is 11.9. The fourth-order valence-electron chi connectivity index (χ4n) is 7.05. The number of carbonyl (C=O) groups is 1. The van der Waals surface area contributed by atoms with Crippen LogP contribution in [0.5, 0.6) is 11.5 Å². The zero-order valence-corrected chi connectivity index (χ0v) is 42.6. The van der Waals surface area contributed by atoms with E-state index >= 15 is 0 Å². The smallest absolute Gasteiger partial charge is 0.506 e. The summed E-state index contributed by atoms with van der Waals surface area (Å²) in [6, 6.07) is 55.0. The molecule has 0 fully saturated rings. The average molecular weight is 958 g/mol. The Bertz CT molecular complexity index is 2330. The van der Waals surface area contributed by atoms with Gasteiger partial charge in [0.25, 0.3) is 0 Å². The SMILES string of the molecule is CCc1ccc(OCCCN(C)c2c(C(C)C)cc(C)cc2C(C)C)c(-c2cccc(C(=O)OCc3ccccc3)c2O)c1.[CH2-]c1ccccc1.[CH2-]c1ccccc1.[CH2-]c1ccccc1.[Zr+4]. The Morgan fingerprint density at radius 2 is 1.11 bits per heavy atom. The second-order valence-electron chi connectivity index (χ2n) is 16.6. The summed E-state index contributed by atoms with van der Waals surface area (Å²) >= 11 is 0. The molecule has 0 aromatic heterocycles. The zero-order chi connectivity index (χ0) is 47.1. The number of aromatic hydroxyl groups is 1. The van der Waals surface area contributed by atoms with Gasteiger partial charge in [0.15, 0.2) is 0 Å². The van der Waals surface area contributed by atoms with E-state index in [0.29, 0.717) is 29.8 Å². The number of esters is 1. The number of carbonyl (C=O) groups excluding carboxylic acids is 1. The standard InChI is InChI=1S/C39H47NO4.3C7H7.Zr/c1-8-29-18-19-36(43-21-13-20-40(7)37-33(26(2)3)22-28(6)23-34(37)27(4)5)35(24-29)31-16-12-17-32(38(31)41)39(42)44-25-30-14-10-9-11-15-30;3*1-7-5-3-2-4-6-7;/h9-12,14-19,22-24,26-27,41H,8,13,20-21,25H2,1-7H3;3*2-6H,1H2;/q;3*-1;+4. The van der Waals surface area contributed by atoms with Crippen LogP contribution in [0, 0.1) is 27.7 Å². The van der Waals surface area contributed by atoms with Gasteiger partial charge in [-0.05, 0) is 72.1 Å². The monoisotopic (exact) mass is 956 g/mol. The Balaban J connectivity index is 0.000000424. The predicted octanol–water partition coefficient (Wildman–Crippen LogP) is 15.0. The second kappa shape index (κ2) is 28.7. The van der Waals surface area contributed by atoms with Gasteiger partial charge in [-0.1, -0.05) is 119 Å². The van der Waals surface area contributed by atoms with Gasteiger partial charge < -0.3 is 19.5 Å². The largest absolute Gasteiger partial charge is 4.00 e. The third kappa shape index (κ3) is 17.7. The molecule has 340 valence electrons. The summed E-state index contributed by atoms with van der Waals surface area (Å²) in [4.78, 5) is 15.3. The number of benzene rings is 7. The maximum Gasteiger partial charge on any atom is 4.00 e. The molecule has 0 heterocycles. The molecule has 0 amide bonds. The van der Waals surface area contributed by atoms with Crippen LogP contribution in [-0.2, 0) is 44.0 Å². The number of hydrogen-bond donors (Lipinski definition) is 1. The van der Waals surface area contributed by atoms with Crippen molar-refractivity contribution in [1.82, 2.24) is 0 Å². The summed E-state index contributed by atoms with van der Waals surface area (Å²) in [7, 11) is 2.17. The van der Waals surface area contributed by atoms with Crippen LogP contribution in [0.25, 0.3) is 11.1 Å². The number of aryl methyl sites for hydroxylation is 2. The van der Waals surface area contributed by atoms with E-state index in [-0.39, 0.29) is 44.1 Å². The molecule has 7 aromatic rings. The van der Waals surface area contributed by atoms with Crippen LogP contribution in [0.4, 0.5) is 5.69 Å². The van der Waals surface area contributed by atoms with Crippen LogP contribution in [0.2, 0.25) is 0 Å². The normalized spacial score (nSPS) is 10.2. The van der Waals surface area contributed by atoms with Crippen LogP contribution in [-0.4, -0.2) is 31.3 Å².